The second-order valence-electron chi connectivity index (χ2n) is 4.47. The van der Waals surface area contributed by atoms with Gasteiger partial charge in [0.1, 0.15) is 5.01 Å². The molecule has 90 valence electrons. The van der Waals surface area contributed by atoms with Crippen LogP contribution in [0.25, 0.3) is 10.4 Å². The second-order valence-corrected chi connectivity index (χ2v) is 5.58. The largest absolute Gasteiger partial charge is 0.308 e. The molecule has 0 aliphatic rings. The standard InChI is InChI=1S/C14H18N2S/c1-10(2)15-9-14-16-8-13(17-14)12-7-5-4-6-11(12)3/h4-8,10,15H,9H2,1-3H3. The number of nitrogens with zero attached hydrogens (tertiary/aromatic N) is 1. The van der Waals surface area contributed by atoms with Gasteiger partial charge in [0.05, 0.1) is 4.88 Å². The lowest BCUT2D eigenvalue weighted by Gasteiger charge is -2.04. The van der Waals surface area contributed by atoms with Crippen molar-refractivity contribution in [2.24, 2.45) is 0 Å². The van der Waals surface area contributed by atoms with E-state index in [2.05, 4.69) is 55.3 Å². The van der Waals surface area contributed by atoms with Crippen LogP contribution < -0.4 is 5.32 Å². The average molecular weight is 246 g/mol. The molecule has 2 nitrogen and oxygen atoms in total. The van der Waals surface area contributed by atoms with Crippen molar-refractivity contribution in [1.82, 2.24) is 10.3 Å². The minimum atomic E-state index is 0.501. The maximum Gasteiger partial charge on any atom is 0.107 e. The van der Waals surface area contributed by atoms with E-state index in [1.54, 1.807) is 11.3 Å². The van der Waals surface area contributed by atoms with Crippen LogP contribution >= 0.6 is 11.3 Å². The van der Waals surface area contributed by atoms with Gasteiger partial charge in [-0.05, 0) is 18.1 Å². The molecule has 0 atom stereocenters. The zero-order valence-corrected chi connectivity index (χ0v) is 11.3. The Kier molecular flexibility index (Phi) is 3.92. The molecular formula is C14H18N2S. The Morgan fingerprint density at radius 1 is 1.29 bits per heavy atom. The van der Waals surface area contributed by atoms with E-state index in [1.165, 1.54) is 16.0 Å². The fraction of sp³-hybridized carbons (Fsp3) is 0.357. The Hall–Kier alpha value is -1.19. The highest BCUT2D eigenvalue weighted by atomic mass is 32.1. The van der Waals surface area contributed by atoms with E-state index >= 15 is 0 Å². The molecule has 0 spiro atoms. The Morgan fingerprint density at radius 2 is 2.06 bits per heavy atom. The van der Waals surface area contributed by atoms with Crippen LogP contribution in [0.4, 0.5) is 0 Å². The molecule has 3 heteroatoms. The van der Waals surface area contributed by atoms with Crippen LogP contribution in [0.15, 0.2) is 30.5 Å². The topological polar surface area (TPSA) is 24.9 Å². The molecule has 0 aliphatic heterocycles. The van der Waals surface area contributed by atoms with Crippen LogP contribution in [0, 0.1) is 6.92 Å². The van der Waals surface area contributed by atoms with Crippen molar-refractivity contribution in [3.63, 3.8) is 0 Å². The zero-order chi connectivity index (χ0) is 12.3. The molecule has 1 N–H and O–H groups in total. The van der Waals surface area contributed by atoms with Crippen LogP contribution in [0.2, 0.25) is 0 Å². The highest BCUT2D eigenvalue weighted by Gasteiger charge is 2.06. The average Bonchev–Trinajstić information content (AvgIpc) is 2.75. The van der Waals surface area contributed by atoms with Gasteiger partial charge in [0.2, 0.25) is 0 Å². The first-order valence-electron chi connectivity index (χ1n) is 5.91. The second kappa shape index (κ2) is 5.43. The summed E-state index contributed by atoms with van der Waals surface area (Å²) in [4.78, 5) is 5.72. The lowest BCUT2D eigenvalue weighted by atomic mass is 10.1. The molecule has 1 aromatic carbocycles. The van der Waals surface area contributed by atoms with E-state index in [0.29, 0.717) is 6.04 Å². The number of aryl methyl sites for hydroxylation is 1. The molecule has 2 rings (SSSR count). The molecule has 2 aromatic rings. The summed E-state index contributed by atoms with van der Waals surface area (Å²) in [6.07, 6.45) is 1.98. The first-order valence-corrected chi connectivity index (χ1v) is 6.72. The Morgan fingerprint density at radius 3 is 2.76 bits per heavy atom. The van der Waals surface area contributed by atoms with Crippen LogP contribution in [-0.4, -0.2) is 11.0 Å². The van der Waals surface area contributed by atoms with Crippen LogP contribution in [-0.2, 0) is 6.54 Å². The number of hydrogen-bond acceptors (Lipinski definition) is 3. The van der Waals surface area contributed by atoms with Crippen molar-refractivity contribution in [2.75, 3.05) is 0 Å². The first kappa shape index (κ1) is 12.3. The van der Waals surface area contributed by atoms with Gasteiger partial charge in [-0.25, -0.2) is 4.98 Å². The SMILES string of the molecule is Cc1ccccc1-c1cnc(CNC(C)C)s1. The molecule has 0 aliphatic carbocycles. The summed E-state index contributed by atoms with van der Waals surface area (Å²) in [5.74, 6) is 0. The predicted octanol–water partition coefficient (Wildman–Crippen LogP) is 3.62. The van der Waals surface area contributed by atoms with Crippen LogP contribution in [0.3, 0.4) is 0 Å². The van der Waals surface area contributed by atoms with Crippen molar-refractivity contribution in [1.29, 1.82) is 0 Å². The summed E-state index contributed by atoms with van der Waals surface area (Å²) in [5, 5.41) is 4.54. The van der Waals surface area contributed by atoms with Crippen LogP contribution in [0.5, 0.6) is 0 Å². The summed E-state index contributed by atoms with van der Waals surface area (Å²) >= 11 is 1.77. The molecule has 1 aromatic heterocycles. The predicted molar refractivity (Wildman–Crippen MR) is 74.3 cm³/mol. The molecule has 0 fully saturated rings. The van der Waals surface area contributed by atoms with E-state index < -0.39 is 0 Å². The van der Waals surface area contributed by atoms with Gasteiger partial charge in [-0.1, -0.05) is 38.1 Å². The molecule has 0 bridgehead atoms. The Balaban J connectivity index is 2.16. The normalized spacial score (nSPS) is 11.1. The highest BCUT2D eigenvalue weighted by molar-refractivity contribution is 7.15. The van der Waals surface area contributed by atoms with Crippen molar-refractivity contribution >= 4 is 11.3 Å². The van der Waals surface area contributed by atoms with Gasteiger partial charge in [0, 0.05) is 18.8 Å². The van der Waals surface area contributed by atoms with E-state index in [4.69, 9.17) is 0 Å². The molecule has 0 saturated carbocycles. The van der Waals surface area contributed by atoms with Gasteiger partial charge in [0.15, 0.2) is 0 Å². The summed E-state index contributed by atoms with van der Waals surface area (Å²) in [6, 6.07) is 8.94. The number of benzene rings is 1. The molecular weight excluding hydrogens is 228 g/mol. The summed E-state index contributed by atoms with van der Waals surface area (Å²) in [5.41, 5.74) is 2.60. The lowest BCUT2D eigenvalue weighted by molar-refractivity contribution is 0.587. The smallest absolute Gasteiger partial charge is 0.107 e. The lowest BCUT2D eigenvalue weighted by Crippen LogP contribution is -2.21. The Labute approximate surface area is 107 Å². The van der Waals surface area contributed by atoms with Crippen molar-refractivity contribution < 1.29 is 0 Å². The fourth-order valence-electron chi connectivity index (χ4n) is 1.66. The van der Waals surface area contributed by atoms with Crippen molar-refractivity contribution in [2.45, 2.75) is 33.4 Å². The number of rotatable bonds is 4. The summed E-state index contributed by atoms with van der Waals surface area (Å²) in [6.45, 7) is 7.29. The zero-order valence-electron chi connectivity index (χ0n) is 10.5. The number of nitrogens with one attached hydrogen (secondary N) is 1. The molecule has 0 radical (unpaired) electrons. The van der Waals surface area contributed by atoms with Gasteiger partial charge in [-0.15, -0.1) is 11.3 Å². The molecule has 0 amide bonds. The van der Waals surface area contributed by atoms with Gasteiger partial charge in [-0.2, -0.15) is 0 Å². The number of aromatic nitrogens is 1. The van der Waals surface area contributed by atoms with Gasteiger partial charge in [-0.3, -0.25) is 0 Å². The van der Waals surface area contributed by atoms with E-state index in [9.17, 15) is 0 Å². The maximum atomic E-state index is 4.46. The quantitative estimate of drug-likeness (QED) is 0.891. The number of thiazole rings is 1. The van der Waals surface area contributed by atoms with Gasteiger partial charge < -0.3 is 5.32 Å². The monoisotopic (exact) mass is 246 g/mol. The minimum Gasteiger partial charge on any atom is -0.308 e. The highest BCUT2D eigenvalue weighted by Crippen LogP contribution is 2.28. The van der Waals surface area contributed by atoms with Gasteiger partial charge >= 0.3 is 0 Å². The fourth-order valence-corrected chi connectivity index (χ4v) is 2.62. The Bertz CT molecular complexity index is 488. The first-order chi connectivity index (χ1) is 8.16. The maximum absolute atomic E-state index is 4.46. The summed E-state index contributed by atoms with van der Waals surface area (Å²) < 4.78 is 0. The molecule has 0 unspecified atom stereocenters. The third kappa shape index (κ3) is 3.14. The summed E-state index contributed by atoms with van der Waals surface area (Å²) in [7, 11) is 0. The molecule has 1 heterocycles. The minimum absolute atomic E-state index is 0.501. The third-order valence-electron chi connectivity index (χ3n) is 2.63. The molecule has 0 saturated heterocycles. The van der Waals surface area contributed by atoms with E-state index in [-0.39, 0.29) is 0 Å². The number of hydrogen-bond donors (Lipinski definition) is 1. The third-order valence-corrected chi connectivity index (χ3v) is 3.66. The van der Waals surface area contributed by atoms with E-state index in [0.717, 1.165) is 11.6 Å². The van der Waals surface area contributed by atoms with Gasteiger partial charge in [0.25, 0.3) is 0 Å². The van der Waals surface area contributed by atoms with Crippen molar-refractivity contribution in [3.05, 3.63) is 41.0 Å². The van der Waals surface area contributed by atoms with Crippen molar-refractivity contribution in [3.8, 4) is 10.4 Å². The van der Waals surface area contributed by atoms with E-state index in [1.807, 2.05) is 6.20 Å². The van der Waals surface area contributed by atoms with Crippen LogP contribution in [0.1, 0.15) is 24.4 Å². The molecule has 17 heavy (non-hydrogen) atoms.